The summed E-state index contributed by atoms with van der Waals surface area (Å²) in [5.74, 6) is -0.206. The Balaban J connectivity index is 1.75. The van der Waals surface area contributed by atoms with Crippen molar-refractivity contribution in [2.24, 2.45) is 11.8 Å². The molecule has 108 valence electrons. The summed E-state index contributed by atoms with van der Waals surface area (Å²) in [7, 11) is 0. The van der Waals surface area contributed by atoms with Gasteiger partial charge in [0.25, 0.3) is 0 Å². The van der Waals surface area contributed by atoms with Gasteiger partial charge >= 0.3 is 0 Å². The molecule has 1 saturated carbocycles. The van der Waals surface area contributed by atoms with Crippen LogP contribution in [0.2, 0.25) is 0 Å². The molecule has 2 atom stereocenters. The van der Waals surface area contributed by atoms with Gasteiger partial charge < -0.3 is 10.6 Å². The zero-order valence-corrected chi connectivity index (χ0v) is 11.7. The van der Waals surface area contributed by atoms with E-state index >= 15 is 0 Å². The zero-order chi connectivity index (χ0) is 14.7. The molecule has 0 bridgehead atoms. The van der Waals surface area contributed by atoms with Crippen LogP contribution in [-0.2, 0) is 9.59 Å². The lowest BCUT2D eigenvalue weighted by Crippen LogP contribution is -2.29. The van der Waals surface area contributed by atoms with Gasteiger partial charge in [0.1, 0.15) is 5.82 Å². The maximum absolute atomic E-state index is 13.5. The van der Waals surface area contributed by atoms with E-state index in [4.69, 9.17) is 0 Å². The highest BCUT2D eigenvalue weighted by atomic mass is 19.1. The Hall–Kier alpha value is -1.91. The number of hydrogen-bond donors (Lipinski definition) is 2. The predicted octanol–water partition coefficient (Wildman–Crippen LogP) is 2.23. The van der Waals surface area contributed by atoms with Crippen LogP contribution >= 0.6 is 0 Å². The third-order valence-corrected chi connectivity index (χ3v) is 3.49. The summed E-state index contributed by atoms with van der Waals surface area (Å²) in [5.41, 5.74) is 1.05. The number of hydrogen-bond acceptors (Lipinski definition) is 2. The molecule has 0 unspecified atom stereocenters. The second-order valence-electron chi connectivity index (χ2n) is 5.39. The summed E-state index contributed by atoms with van der Waals surface area (Å²) in [6.07, 6.45) is 1.06. The molecule has 2 N–H and O–H groups in total. The Morgan fingerprint density at radius 3 is 2.75 bits per heavy atom. The highest BCUT2D eigenvalue weighted by molar-refractivity contribution is 5.91. The average Bonchev–Trinajstić information content (AvgIpc) is 3.11. The number of nitrogens with one attached hydrogen (secondary N) is 2. The van der Waals surface area contributed by atoms with Crippen molar-refractivity contribution in [1.82, 2.24) is 5.32 Å². The van der Waals surface area contributed by atoms with Crippen molar-refractivity contribution in [1.29, 1.82) is 0 Å². The number of benzene rings is 1. The SMILES string of the molecule is Cc1ccc(F)c(NC(=O)CCNC(=O)[C@@H]2C[C@@H]2C)c1. The smallest absolute Gasteiger partial charge is 0.226 e. The van der Waals surface area contributed by atoms with Gasteiger partial charge in [0.15, 0.2) is 0 Å². The Kier molecular flexibility index (Phi) is 4.37. The fourth-order valence-corrected chi connectivity index (χ4v) is 2.07. The van der Waals surface area contributed by atoms with E-state index in [-0.39, 0.29) is 36.4 Å². The Labute approximate surface area is 117 Å². The third-order valence-electron chi connectivity index (χ3n) is 3.49. The Morgan fingerprint density at radius 1 is 1.40 bits per heavy atom. The summed E-state index contributed by atoms with van der Waals surface area (Å²) >= 11 is 0. The number of amides is 2. The van der Waals surface area contributed by atoms with Crippen LogP contribution in [0.4, 0.5) is 10.1 Å². The first-order chi connectivity index (χ1) is 9.47. The van der Waals surface area contributed by atoms with Crippen LogP contribution in [0.15, 0.2) is 18.2 Å². The molecular weight excluding hydrogens is 259 g/mol. The molecule has 5 heteroatoms. The molecule has 20 heavy (non-hydrogen) atoms. The Bertz CT molecular complexity index is 531. The summed E-state index contributed by atoms with van der Waals surface area (Å²) in [6, 6.07) is 4.54. The van der Waals surface area contributed by atoms with Crippen LogP contribution in [0.1, 0.15) is 25.3 Å². The maximum Gasteiger partial charge on any atom is 0.226 e. The lowest BCUT2D eigenvalue weighted by molar-refractivity contribution is -0.122. The van der Waals surface area contributed by atoms with Crippen molar-refractivity contribution < 1.29 is 14.0 Å². The average molecular weight is 278 g/mol. The first-order valence-corrected chi connectivity index (χ1v) is 6.81. The molecule has 2 rings (SSSR count). The van der Waals surface area contributed by atoms with Gasteiger partial charge in [0, 0.05) is 18.9 Å². The van der Waals surface area contributed by atoms with Gasteiger partial charge in [-0.25, -0.2) is 4.39 Å². The van der Waals surface area contributed by atoms with Crippen LogP contribution < -0.4 is 10.6 Å². The summed E-state index contributed by atoms with van der Waals surface area (Å²) in [4.78, 5) is 23.2. The predicted molar refractivity (Wildman–Crippen MR) is 74.7 cm³/mol. The van der Waals surface area contributed by atoms with E-state index in [9.17, 15) is 14.0 Å². The molecule has 1 aromatic rings. The minimum Gasteiger partial charge on any atom is -0.355 e. The minimum absolute atomic E-state index is 0.00651. The first kappa shape index (κ1) is 14.5. The van der Waals surface area contributed by atoms with E-state index < -0.39 is 5.82 Å². The second-order valence-corrected chi connectivity index (χ2v) is 5.39. The number of anilines is 1. The molecular formula is C15H19FN2O2. The normalized spacial score (nSPS) is 20.4. The molecule has 2 amide bonds. The number of rotatable bonds is 5. The Morgan fingerprint density at radius 2 is 2.10 bits per heavy atom. The number of carbonyl (C=O) groups is 2. The van der Waals surface area contributed by atoms with Crippen molar-refractivity contribution in [3.05, 3.63) is 29.6 Å². The lowest BCUT2D eigenvalue weighted by Gasteiger charge is -2.08. The largest absolute Gasteiger partial charge is 0.355 e. The summed E-state index contributed by atoms with van der Waals surface area (Å²) in [5, 5.41) is 5.24. The van der Waals surface area contributed by atoms with E-state index in [2.05, 4.69) is 10.6 Å². The van der Waals surface area contributed by atoms with E-state index in [1.165, 1.54) is 6.07 Å². The highest BCUT2D eigenvalue weighted by Crippen LogP contribution is 2.37. The highest BCUT2D eigenvalue weighted by Gasteiger charge is 2.38. The molecule has 0 heterocycles. The van der Waals surface area contributed by atoms with Crippen LogP contribution in [-0.4, -0.2) is 18.4 Å². The van der Waals surface area contributed by atoms with E-state index in [1.807, 2.05) is 13.8 Å². The molecule has 0 radical (unpaired) electrons. The van der Waals surface area contributed by atoms with Gasteiger partial charge in [-0.1, -0.05) is 13.0 Å². The monoisotopic (exact) mass is 278 g/mol. The third kappa shape index (κ3) is 3.79. The van der Waals surface area contributed by atoms with E-state index in [0.29, 0.717) is 5.92 Å². The summed E-state index contributed by atoms with van der Waals surface area (Å²) < 4.78 is 13.5. The molecule has 1 aliphatic rings. The fourth-order valence-electron chi connectivity index (χ4n) is 2.07. The number of halogens is 1. The van der Waals surface area contributed by atoms with Gasteiger partial charge in [-0.15, -0.1) is 0 Å². The first-order valence-electron chi connectivity index (χ1n) is 6.81. The van der Waals surface area contributed by atoms with Crippen molar-refractivity contribution in [2.75, 3.05) is 11.9 Å². The number of carbonyl (C=O) groups excluding carboxylic acids is 2. The zero-order valence-electron chi connectivity index (χ0n) is 11.7. The summed E-state index contributed by atoms with van der Waals surface area (Å²) in [6.45, 7) is 4.13. The lowest BCUT2D eigenvalue weighted by atomic mass is 10.2. The van der Waals surface area contributed by atoms with E-state index in [1.54, 1.807) is 12.1 Å². The minimum atomic E-state index is -0.459. The molecule has 4 nitrogen and oxygen atoms in total. The van der Waals surface area contributed by atoms with Crippen LogP contribution in [0.5, 0.6) is 0 Å². The molecule has 1 fully saturated rings. The molecule has 0 aliphatic heterocycles. The molecule has 1 aromatic carbocycles. The van der Waals surface area contributed by atoms with Gasteiger partial charge in [-0.2, -0.15) is 0 Å². The molecule has 1 aliphatic carbocycles. The fraction of sp³-hybridized carbons (Fsp3) is 0.467. The van der Waals surface area contributed by atoms with Crippen LogP contribution in [0.25, 0.3) is 0 Å². The molecule has 0 saturated heterocycles. The van der Waals surface area contributed by atoms with Crippen molar-refractivity contribution in [2.45, 2.75) is 26.7 Å². The van der Waals surface area contributed by atoms with Gasteiger partial charge in [0.2, 0.25) is 11.8 Å². The second kappa shape index (κ2) is 6.03. The maximum atomic E-state index is 13.5. The molecule has 0 aromatic heterocycles. The van der Waals surface area contributed by atoms with Gasteiger partial charge in [-0.05, 0) is 37.0 Å². The van der Waals surface area contributed by atoms with Gasteiger partial charge in [-0.3, -0.25) is 9.59 Å². The van der Waals surface area contributed by atoms with Gasteiger partial charge in [0.05, 0.1) is 5.69 Å². The molecule has 0 spiro atoms. The quantitative estimate of drug-likeness (QED) is 0.867. The van der Waals surface area contributed by atoms with Crippen LogP contribution in [0, 0.1) is 24.6 Å². The topological polar surface area (TPSA) is 58.2 Å². The van der Waals surface area contributed by atoms with Crippen LogP contribution in [0.3, 0.4) is 0 Å². The standard InChI is InChI=1S/C15H19FN2O2/c1-9-3-4-12(16)13(7-9)18-14(19)5-6-17-15(20)11-8-10(11)2/h3-4,7,10-11H,5-6,8H2,1-2H3,(H,17,20)(H,18,19)/t10-,11+/m0/s1. The van der Waals surface area contributed by atoms with Crippen molar-refractivity contribution >= 4 is 17.5 Å². The van der Waals surface area contributed by atoms with Crippen molar-refractivity contribution in [3.8, 4) is 0 Å². The van der Waals surface area contributed by atoms with E-state index in [0.717, 1.165) is 12.0 Å². The van der Waals surface area contributed by atoms with Crippen molar-refractivity contribution in [3.63, 3.8) is 0 Å². The number of aryl methyl sites for hydroxylation is 1.